The minimum atomic E-state index is -3.57. The van der Waals surface area contributed by atoms with Crippen LogP contribution in [0.1, 0.15) is 45.6 Å². The molecule has 0 aliphatic heterocycles. The number of rotatable bonds is 8. The molecule has 1 saturated carbocycles. The molecule has 5 unspecified atom stereocenters. The molecule has 0 heterocycles. The summed E-state index contributed by atoms with van der Waals surface area (Å²) in [6, 6.07) is 17.3. The molecule has 3 rings (SSSR count). The minimum absolute atomic E-state index is 0.127. The van der Waals surface area contributed by atoms with Crippen LogP contribution < -0.4 is 10.2 Å². The Morgan fingerprint density at radius 1 is 1.06 bits per heavy atom. The summed E-state index contributed by atoms with van der Waals surface area (Å²) in [4.78, 5) is 2.00. The van der Waals surface area contributed by atoms with E-state index in [1.807, 2.05) is 79.7 Å². The smallest absolute Gasteiger partial charge is 0.263 e. The van der Waals surface area contributed by atoms with E-state index in [1.54, 1.807) is 6.08 Å². The average molecular weight is 456 g/mol. The van der Waals surface area contributed by atoms with Gasteiger partial charge in [-0.05, 0) is 66.5 Å². The molecule has 174 valence electrons. The van der Waals surface area contributed by atoms with Gasteiger partial charge in [0.2, 0.25) is 0 Å². The summed E-state index contributed by atoms with van der Waals surface area (Å²) in [5, 5.41) is 11.8. The third kappa shape index (κ3) is 5.92. The van der Waals surface area contributed by atoms with Gasteiger partial charge in [-0.1, -0.05) is 63.6 Å². The fourth-order valence-corrected chi connectivity index (χ4v) is 6.62. The molecule has 0 spiro atoms. The van der Waals surface area contributed by atoms with Crippen LogP contribution in [0.3, 0.4) is 0 Å². The first kappa shape index (κ1) is 24.8. The molecule has 0 aromatic heterocycles. The number of aliphatic hydroxyl groups is 1. The number of hydrogen-bond donors (Lipinski definition) is 1. The molecule has 0 saturated heterocycles. The van der Waals surface area contributed by atoms with Gasteiger partial charge in [-0.2, -0.15) is 0 Å². The topological polar surface area (TPSA) is 49.8 Å². The van der Waals surface area contributed by atoms with Crippen LogP contribution in [-0.4, -0.2) is 31.2 Å². The molecule has 0 amide bonds. The van der Waals surface area contributed by atoms with E-state index in [0.29, 0.717) is 23.1 Å². The molecule has 0 bridgehead atoms. The van der Waals surface area contributed by atoms with Gasteiger partial charge in [0, 0.05) is 25.1 Å². The van der Waals surface area contributed by atoms with Gasteiger partial charge in [0.05, 0.1) is 6.10 Å². The van der Waals surface area contributed by atoms with Gasteiger partial charge in [-0.3, -0.25) is 4.57 Å². The molecule has 32 heavy (non-hydrogen) atoms. The summed E-state index contributed by atoms with van der Waals surface area (Å²) < 4.78 is 20.9. The van der Waals surface area contributed by atoms with Crippen molar-refractivity contribution in [2.24, 2.45) is 17.8 Å². The monoisotopic (exact) mass is 455 g/mol. The lowest BCUT2D eigenvalue weighted by Gasteiger charge is -2.39. The first-order valence-electron chi connectivity index (χ1n) is 11.7. The maximum atomic E-state index is 14.4. The van der Waals surface area contributed by atoms with Gasteiger partial charge in [0.15, 0.2) is 5.85 Å². The van der Waals surface area contributed by atoms with Crippen LogP contribution in [0.2, 0.25) is 0 Å². The van der Waals surface area contributed by atoms with Crippen molar-refractivity contribution < 1.29 is 14.2 Å². The Balaban J connectivity index is 1.96. The van der Waals surface area contributed by atoms with E-state index in [1.165, 1.54) is 6.42 Å². The van der Waals surface area contributed by atoms with Gasteiger partial charge in [0.1, 0.15) is 0 Å². The number of anilines is 1. The van der Waals surface area contributed by atoms with Gasteiger partial charge in [-0.25, -0.2) is 0 Å². The van der Waals surface area contributed by atoms with Gasteiger partial charge in [0.25, 0.3) is 7.37 Å². The molecule has 1 aliphatic carbocycles. The first-order valence-corrected chi connectivity index (χ1v) is 13.4. The van der Waals surface area contributed by atoms with Crippen molar-refractivity contribution in [3.8, 4) is 0 Å². The van der Waals surface area contributed by atoms with Crippen LogP contribution in [0.15, 0.2) is 60.7 Å². The number of aliphatic hydroxyl groups excluding tert-OH is 1. The van der Waals surface area contributed by atoms with Gasteiger partial charge >= 0.3 is 0 Å². The molecule has 4 nitrogen and oxygen atoms in total. The van der Waals surface area contributed by atoms with Crippen LogP contribution in [0.4, 0.5) is 5.69 Å². The van der Waals surface area contributed by atoms with Crippen LogP contribution in [0.5, 0.6) is 0 Å². The highest BCUT2D eigenvalue weighted by Gasteiger charge is 2.41. The van der Waals surface area contributed by atoms with E-state index in [9.17, 15) is 9.67 Å². The van der Waals surface area contributed by atoms with E-state index >= 15 is 0 Å². The number of benzene rings is 2. The van der Waals surface area contributed by atoms with Crippen molar-refractivity contribution in [3.05, 3.63) is 66.2 Å². The van der Waals surface area contributed by atoms with Gasteiger partial charge < -0.3 is 14.5 Å². The fraction of sp³-hybridized carbons (Fsp3) is 0.481. The lowest BCUT2D eigenvalue weighted by molar-refractivity contribution is 0.0448. The number of nitrogens with zero attached hydrogens (tertiary/aromatic N) is 1. The molecular formula is C27H38NO3P. The molecule has 2 aromatic rings. The maximum absolute atomic E-state index is 14.4. The molecule has 2 aromatic carbocycles. The lowest BCUT2D eigenvalue weighted by Crippen LogP contribution is -2.35. The van der Waals surface area contributed by atoms with E-state index in [-0.39, 0.29) is 6.10 Å². The largest absolute Gasteiger partial charge is 0.378 e. The van der Waals surface area contributed by atoms with E-state index in [2.05, 4.69) is 20.8 Å². The third-order valence-electron chi connectivity index (χ3n) is 6.59. The number of hydrogen-bond acceptors (Lipinski definition) is 4. The van der Waals surface area contributed by atoms with Crippen molar-refractivity contribution in [2.75, 3.05) is 19.0 Å². The summed E-state index contributed by atoms with van der Waals surface area (Å²) in [5.74, 6) is 0.0921. The normalized spacial score (nSPS) is 24.4. The molecule has 1 fully saturated rings. The Hall–Kier alpha value is -1.87. The Morgan fingerprint density at radius 2 is 1.72 bits per heavy atom. The fourth-order valence-electron chi connectivity index (χ4n) is 4.55. The Labute approximate surface area is 193 Å². The van der Waals surface area contributed by atoms with Crippen molar-refractivity contribution in [1.82, 2.24) is 0 Å². The van der Waals surface area contributed by atoms with Crippen molar-refractivity contribution in [1.29, 1.82) is 0 Å². The zero-order valence-electron chi connectivity index (χ0n) is 20.0. The maximum Gasteiger partial charge on any atom is 0.263 e. The van der Waals surface area contributed by atoms with Crippen molar-refractivity contribution >= 4 is 24.4 Å². The second-order valence-corrected chi connectivity index (χ2v) is 12.1. The molecule has 5 atom stereocenters. The summed E-state index contributed by atoms with van der Waals surface area (Å²) in [5.41, 5.74) is 1.97. The minimum Gasteiger partial charge on any atom is -0.378 e. The highest BCUT2D eigenvalue weighted by atomic mass is 31.2. The highest BCUT2D eigenvalue weighted by molar-refractivity contribution is 7.67. The molecule has 0 radical (unpaired) electrons. The van der Waals surface area contributed by atoms with E-state index in [0.717, 1.165) is 24.1 Å². The second-order valence-electron chi connectivity index (χ2n) is 9.66. The first-order chi connectivity index (χ1) is 15.2. The zero-order chi connectivity index (χ0) is 23.3. The zero-order valence-corrected chi connectivity index (χ0v) is 20.9. The van der Waals surface area contributed by atoms with Crippen LogP contribution in [-0.2, 0) is 9.09 Å². The average Bonchev–Trinajstić information content (AvgIpc) is 2.78. The van der Waals surface area contributed by atoms with Crippen LogP contribution in [0, 0.1) is 17.8 Å². The molecule has 5 heteroatoms. The Bertz CT molecular complexity index is 924. The lowest BCUT2D eigenvalue weighted by atomic mass is 9.75. The van der Waals surface area contributed by atoms with Gasteiger partial charge in [-0.15, -0.1) is 0 Å². The summed E-state index contributed by atoms with van der Waals surface area (Å²) in [6.07, 6.45) is 6.42. The molecule has 1 N–H and O–H groups in total. The van der Waals surface area contributed by atoms with E-state index in [4.69, 9.17) is 4.52 Å². The predicted molar refractivity (Wildman–Crippen MR) is 136 cm³/mol. The molecule has 1 aliphatic rings. The van der Waals surface area contributed by atoms with E-state index < -0.39 is 13.2 Å². The van der Waals surface area contributed by atoms with Crippen LogP contribution >= 0.6 is 7.37 Å². The summed E-state index contributed by atoms with van der Waals surface area (Å²) in [6.45, 7) is 6.65. The Morgan fingerprint density at radius 3 is 2.31 bits per heavy atom. The summed E-state index contributed by atoms with van der Waals surface area (Å²) in [7, 11) is 0.371. The van der Waals surface area contributed by atoms with Crippen LogP contribution in [0.25, 0.3) is 6.08 Å². The standard InChI is InChI=1S/C27H38NO3P/c1-20(2)25-17-11-21(3)19-26(25)31-32(30,24-15-13-23(14-16-24)28(4)5)27(29)18-12-22-9-7-6-8-10-22/h6-10,12-16,18,20-21,25-27,29H,11,17,19H2,1-5H3/b18-12+. The quantitative estimate of drug-likeness (QED) is 0.484. The highest BCUT2D eigenvalue weighted by Crippen LogP contribution is 2.54. The second kappa shape index (κ2) is 10.8. The van der Waals surface area contributed by atoms with Crippen molar-refractivity contribution in [2.45, 2.75) is 52.0 Å². The Kier molecular flexibility index (Phi) is 8.38. The molecular weight excluding hydrogens is 417 g/mol. The third-order valence-corrected chi connectivity index (χ3v) is 9.06. The van der Waals surface area contributed by atoms with Crippen molar-refractivity contribution in [3.63, 3.8) is 0 Å². The SMILES string of the molecule is CC1CCC(C(C)C)C(OP(=O)(c2ccc(N(C)C)cc2)C(O)/C=C/c2ccccc2)C1. The summed E-state index contributed by atoms with van der Waals surface area (Å²) >= 11 is 0. The predicted octanol–water partition coefficient (Wildman–Crippen LogP) is 6.17.